The lowest BCUT2D eigenvalue weighted by molar-refractivity contribution is -0.111. The second-order valence-electron chi connectivity index (χ2n) is 4.10. The highest BCUT2D eigenvalue weighted by Gasteiger charge is 2.03. The molecule has 0 saturated carbocycles. The number of amides is 1. The van der Waals surface area contributed by atoms with Gasteiger partial charge in [-0.05, 0) is 42.5 Å². The standard InChI is InChI=1S/C15H11Cl3N2O/c16-10-1-4-12(5-2-10)19-8-7-15(21)20-14-6-3-11(17)9-13(14)18/h1-9,19H,(H,20,21). The Morgan fingerprint density at radius 3 is 2.29 bits per heavy atom. The van der Waals surface area contributed by atoms with E-state index in [0.717, 1.165) is 5.69 Å². The number of nitrogens with one attached hydrogen (secondary N) is 2. The first kappa shape index (κ1) is 15.7. The Kier molecular flexibility index (Phi) is 5.51. The molecule has 0 spiro atoms. The van der Waals surface area contributed by atoms with Gasteiger partial charge in [0.1, 0.15) is 0 Å². The molecule has 108 valence electrons. The quantitative estimate of drug-likeness (QED) is 0.749. The average molecular weight is 342 g/mol. The lowest BCUT2D eigenvalue weighted by Gasteiger charge is -2.05. The minimum absolute atomic E-state index is 0.305. The van der Waals surface area contributed by atoms with Crippen molar-refractivity contribution in [2.24, 2.45) is 0 Å². The molecule has 0 atom stereocenters. The van der Waals surface area contributed by atoms with Crippen LogP contribution in [0.25, 0.3) is 0 Å². The number of carbonyl (C=O) groups excluding carboxylic acids is 1. The van der Waals surface area contributed by atoms with E-state index in [4.69, 9.17) is 34.8 Å². The van der Waals surface area contributed by atoms with Crippen LogP contribution in [0.2, 0.25) is 15.1 Å². The Hall–Kier alpha value is -1.68. The number of benzene rings is 2. The molecule has 2 aromatic carbocycles. The fraction of sp³-hybridized carbons (Fsp3) is 0. The highest BCUT2D eigenvalue weighted by molar-refractivity contribution is 6.36. The molecule has 1 amide bonds. The molecule has 3 nitrogen and oxygen atoms in total. The SMILES string of the molecule is O=C(C=CNc1ccc(Cl)cc1)Nc1ccc(Cl)cc1Cl. The molecule has 0 radical (unpaired) electrons. The zero-order valence-corrected chi connectivity index (χ0v) is 13.0. The van der Waals surface area contributed by atoms with Crippen molar-refractivity contribution >= 4 is 52.1 Å². The second kappa shape index (κ2) is 7.36. The van der Waals surface area contributed by atoms with Crippen molar-refractivity contribution in [1.82, 2.24) is 0 Å². The predicted molar refractivity (Wildman–Crippen MR) is 89.3 cm³/mol. The summed E-state index contributed by atoms with van der Waals surface area (Å²) in [6.07, 6.45) is 2.89. The number of hydrogen-bond donors (Lipinski definition) is 2. The molecule has 0 aliphatic heterocycles. The fourth-order valence-corrected chi connectivity index (χ4v) is 2.11. The minimum atomic E-state index is -0.305. The van der Waals surface area contributed by atoms with E-state index < -0.39 is 0 Å². The summed E-state index contributed by atoms with van der Waals surface area (Å²) in [5.74, 6) is -0.305. The molecule has 0 unspecified atom stereocenters. The summed E-state index contributed by atoms with van der Waals surface area (Å²) in [7, 11) is 0. The summed E-state index contributed by atoms with van der Waals surface area (Å²) < 4.78 is 0. The van der Waals surface area contributed by atoms with Gasteiger partial charge in [-0.1, -0.05) is 34.8 Å². The van der Waals surface area contributed by atoms with E-state index >= 15 is 0 Å². The van der Waals surface area contributed by atoms with Crippen molar-refractivity contribution < 1.29 is 4.79 Å². The topological polar surface area (TPSA) is 41.1 Å². The van der Waals surface area contributed by atoms with Gasteiger partial charge in [0.15, 0.2) is 0 Å². The first-order chi connectivity index (χ1) is 10.0. The van der Waals surface area contributed by atoms with Crippen molar-refractivity contribution in [3.63, 3.8) is 0 Å². The van der Waals surface area contributed by atoms with Crippen LogP contribution in [0.15, 0.2) is 54.7 Å². The van der Waals surface area contributed by atoms with E-state index in [1.54, 1.807) is 42.5 Å². The second-order valence-corrected chi connectivity index (χ2v) is 5.38. The van der Waals surface area contributed by atoms with Gasteiger partial charge in [-0.25, -0.2) is 0 Å². The minimum Gasteiger partial charge on any atom is -0.361 e. The number of carbonyl (C=O) groups is 1. The first-order valence-corrected chi connectivity index (χ1v) is 7.13. The normalized spacial score (nSPS) is 10.6. The third-order valence-electron chi connectivity index (χ3n) is 2.52. The zero-order valence-electron chi connectivity index (χ0n) is 10.7. The summed E-state index contributed by atoms with van der Waals surface area (Å²) in [5, 5.41) is 7.16. The Balaban J connectivity index is 1.92. The molecule has 0 fully saturated rings. The van der Waals surface area contributed by atoms with Crippen molar-refractivity contribution in [3.05, 3.63) is 69.8 Å². The van der Waals surface area contributed by atoms with Gasteiger partial charge in [0.2, 0.25) is 5.91 Å². The fourth-order valence-electron chi connectivity index (χ4n) is 1.52. The van der Waals surface area contributed by atoms with Gasteiger partial charge < -0.3 is 10.6 Å². The molecular weight excluding hydrogens is 331 g/mol. The monoisotopic (exact) mass is 340 g/mol. The molecule has 6 heteroatoms. The van der Waals surface area contributed by atoms with Crippen LogP contribution in [0, 0.1) is 0 Å². The summed E-state index contributed by atoms with van der Waals surface area (Å²) in [6, 6.07) is 12.0. The smallest absolute Gasteiger partial charge is 0.249 e. The highest BCUT2D eigenvalue weighted by atomic mass is 35.5. The zero-order chi connectivity index (χ0) is 15.2. The van der Waals surface area contributed by atoms with E-state index in [9.17, 15) is 4.79 Å². The van der Waals surface area contributed by atoms with Gasteiger partial charge in [-0.15, -0.1) is 0 Å². The molecule has 0 aliphatic carbocycles. The van der Waals surface area contributed by atoms with E-state index in [1.807, 2.05) is 0 Å². The van der Waals surface area contributed by atoms with Gasteiger partial charge in [0, 0.05) is 28.0 Å². The van der Waals surface area contributed by atoms with Crippen LogP contribution in [0.1, 0.15) is 0 Å². The van der Waals surface area contributed by atoms with Crippen molar-refractivity contribution in [3.8, 4) is 0 Å². The Bertz CT molecular complexity index is 669. The summed E-state index contributed by atoms with van der Waals surface area (Å²) in [4.78, 5) is 11.7. The van der Waals surface area contributed by atoms with Crippen LogP contribution in [0.5, 0.6) is 0 Å². The number of halogens is 3. The van der Waals surface area contributed by atoms with E-state index in [0.29, 0.717) is 20.8 Å². The van der Waals surface area contributed by atoms with Gasteiger partial charge in [-0.2, -0.15) is 0 Å². The molecule has 0 bridgehead atoms. The maximum Gasteiger partial charge on any atom is 0.249 e. The average Bonchev–Trinajstić information content (AvgIpc) is 2.44. The van der Waals surface area contributed by atoms with Crippen molar-refractivity contribution in [2.75, 3.05) is 10.6 Å². The molecule has 0 aliphatic rings. The largest absolute Gasteiger partial charge is 0.361 e. The molecule has 0 saturated heterocycles. The summed E-state index contributed by atoms with van der Waals surface area (Å²) in [5.41, 5.74) is 1.33. The maximum atomic E-state index is 11.7. The molecule has 2 N–H and O–H groups in total. The van der Waals surface area contributed by atoms with Crippen LogP contribution < -0.4 is 10.6 Å². The van der Waals surface area contributed by atoms with E-state index in [1.165, 1.54) is 12.3 Å². The van der Waals surface area contributed by atoms with E-state index in [2.05, 4.69) is 10.6 Å². The number of hydrogen-bond acceptors (Lipinski definition) is 2. The highest BCUT2D eigenvalue weighted by Crippen LogP contribution is 2.25. The summed E-state index contributed by atoms with van der Waals surface area (Å²) in [6.45, 7) is 0. The van der Waals surface area contributed by atoms with Crippen LogP contribution in [0.3, 0.4) is 0 Å². The van der Waals surface area contributed by atoms with Gasteiger partial charge >= 0.3 is 0 Å². The Labute approximate surface area is 137 Å². The molecule has 2 rings (SSSR count). The van der Waals surface area contributed by atoms with Crippen LogP contribution in [-0.2, 0) is 4.79 Å². The Morgan fingerprint density at radius 1 is 0.952 bits per heavy atom. The summed E-state index contributed by atoms with van der Waals surface area (Å²) >= 11 is 17.5. The number of anilines is 2. The van der Waals surface area contributed by atoms with Crippen molar-refractivity contribution in [1.29, 1.82) is 0 Å². The van der Waals surface area contributed by atoms with Crippen LogP contribution >= 0.6 is 34.8 Å². The third-order valence-corrected chi connectivity index (χ3v) is 3.32. The van der Waals surface area contributed by atoms with Gasteiger partial charge in [0.25, 0.3) is 0 Å². The Morgan fingerprint density at radius 2 is 1.62 bits per heavy atom. The van der Waals surface area contributed by atoms with Gasteiger partial charge in [0.05, 0.1) is 10.7 Å². The van der Waals surface area contributed by atoms with E-state index in [-0.39, 0.29) is 5.91 Å². The molecule has 21 heavy (non-hydrogen) atoms. The molecule has 0 heterocycles. The first-order valence-electron chi connectivity index (χ1n) is 5.99. The van der Waals surface area contributed by atoms with Gasteiger partial charge in [-0.3, -0.25) is 4.79 Å². The molecule has 0 aromatic heterocycles. The van der Waals surface area contributed by atoms with Crippen molar-refractivity contribution in [2.45, 2.75) is 0 Å². The third kappa shape index (κ3) is 4.97. The lowest BCUT2D eigenvalue weighted by Crippen LogP contribution is -2.08. The molecular formula is C15H11Cl3N2O. The predicted octanol–water partition coefficient (Wildman–Crippen LogP) is 5.21. The maximum absolute atomic E-state index is 11.7. The van der Waals surface area contributed by atoms with Crippen LogP contribution in [0.4, 0.5) is 11.4 Å². The van der Waals surface area contributed by atoms with Crippen LogP contribution in [-0.4, -0.2) is 5.91 Å². The lowest BCUT2D eigenvalue weighted by atomic mass is 10.3. The molecule has 2 aromatic rings. The number of rotatable bonds is 4.